The van der Waals surface area contributed by atoms with Crippen molar-refractivity contribution in [2.75, 3.05) is 0 Å². The molecular formula is C12H15Cl2NO2S. The molecule has 2 atom stereocenters. The Labute approximate surface area is 118 Å². The normalized spacial score (nSPS) is 25.0. The van der Waals surface area contributed by atoms with Crippen molar-refractivity contribution in [3.05, 3.63) is 29.3 Å². The predicted octanol–water partition coefficient (Wildman–Crippen LogP) is 3.17. The van der Waals surface area contributed by atoms with Gasteiger partial charge in [0.15, 0.2) is 0 Å². The van der Waals surface area contributed by atoms with Crippen LogP contribution in [0.2, 0.25) is 5.02 Å². The zero-order chi connectivity index (χ0) is 13.2. The molecule has 18 heavy (non-hydrogen) atoms. The molecule has 2 rings (SSSR count). The summed E-state index contributed by atoms with van der Waals surface area (Å²) in [6.45, 7) is 0. The molecule has 0 aromatic heterocycles. The van der Waals surface area contributed by atoms with E-state index < -0.39 is 10.0 Å². The summed E-state index contributed by atoms with van der Waals surface area (Å²) < 4.78 is 27.0. The fraction of sp³-hybridized carbons (Fsp3) is 0.500. The lowest BCUT2D eigenvalue weighted by Gasteiger charge is -2.27. The molecule has 0 heterocycles. The first kappa shape index (κ1) is 14.1. The van der Waals surface area contributed by atoms with Crippen molar-refractivity contribution >= 4 is 33.2 Å². The van der Waals surface area contributed by atoms with Crippen molar-refractivity contribution < 1.29 is 8.42 Å². The van der Waals surface area contributed by atoms with Gasteiger partial charge in [-0.25, -0.2) is 13.1 Å². The fourth-order valence-electron chi connectivity index (χ4n) is 2.10. The third-order valence-corrected chi connectivity index (χ3v) is 5.39. The smallest absolute Gasteiger partial charge is 0.207 e. The summed E-state index contributed by atoms with van der Waals surface area (Å²) in [6, 6.07) is 5.94. The molecule has 1 fully saturated rings. The molecule has 1 aliphatic rings. The molecule has 1 aliphatic carbocycles. The highest BCUT2D eigenvalue weighted by molar-refractivity contribution is 7.89. The van der Waals surface area contributed by atoms with Gasteiger partial charge >= 0.3 is 0 Å². The second-order valence-electron chi connectivity index (χ2n) is 4.48. The Kier molecular flexibility index (Phi) is 4.54. The molecule has 0 spiro atoms. The fourth-order valence-corrected chi connectivity index (χ4v) is 3.95. The van der Waals surface area contributed by atoms with Gasteiger partial charge in [-0.3, -0.25) is 0 Å². The lowest BCUT2D eigenvalue weighted by Crippen LogP contribution is -2.42. The van der Waals surface area contributed by atoms with Crippen molar-refractivity contribution in [2.24, 2.45) is 0 Å². The van der Waals surface area contributed by atoms with Crippen LogP contribution in [0.5, 0.6) is 0 Å². The summed E-state index contributed by atoms with van der Waals surface area (Å²) in [5.41, 5.74) is 0. The Morgan fingerprint density at radius 2 is 1.72 bits per heavy atom. The number of nitrogens with one attached hydrogen (secondary N) is 1. The molecule has 0 aliphatic heterocycles. The quantitative estimate of drug-likeness (QED) is 0.872. The Morgan fingerprint density at radius 1 is 1.11 bits per heavy atom. The molecule has 100 valence electrons. The second-order valence-corrected chi connectivity index (χ2v) is 7.19. The Morgan fingerprint density at radius 3 is 2.33 bits per heavy atom. The summed E-state index contributed by atoms with van der Waals surface area (Å²) in [7, 11) is -3.50. The van der Waals surface area contributed by atoms with E-state index in [1.54, 1.807) is 12.1 Å². The van der Waals surface area contributed by atoms with Gasteiger partial charge in [0.05, 0.1) is 4.90 Å². The van der Waals surface area contributed by atoms with Gasteiger partial charge in [-0.2, -0.15) is 0 Å². The SMILES string of the molecule is O=S(=O)(N[C@@H]1CCCC[C@@H]1Cl)c1ccc(Cl)cc1. The van der Waals surface area contributed by atoms with E-state index in [0.717, 1.165) is 25.7 Å². The molecule has 1 aromatic carbocycles. The van der Waals surface area contributed by atoms with Crippen LogP contribution in [-0.2, 0) is 10.0 Å². The summed E-state index contributed by atoms with van der Waals surface area (Å²) in [5.74, 6) is 0. The van der Waals surface area contributed by atoms with Crippen molar-refractivity contribution in [3.63, 3.8) is 0 Å². The zero-order valence-electron chi connectivity index (χ0n) is 9.77. The van der Waals surface area contributed by atoms with Crippen molar-refractivity contribution in [2.45, 2.75) is 42.0 Å². The number of hydrogen-bond donors (Lipinski definition) is 1. The second kappa shape index (κ2) is 5.78. The van der Waals surface area contributed by atoms with Gasteiger partial charge in [-0.1, -0.05) is 24.4 Å². The number of sulfonamides is 1. The van der Waals surface area contributed by atoms with E-state index in [2.05, 4.69) is 4.72 Å². The number of alkyl halides is 1. The molecule has 0 saturated heterocycles. The maximum absolute atomic E-state index is 12.1. The summed E-state index contributed by atoms with van der Waals surface area (Å²) in [4.78, 5) is 0.223. The van der Waals surface area contributed by atoms with Crippen LogP contribution in [0.1, 0.15) is 25.7 Å². The molecule has 6 heteroatoms. The minimum Gasteiger partial charge on any atom is -0.207 e. The van der Waals surface area contributed by atoms with E-state index >= 15 is 0 Å². The highest BCUT2D eigenvalue weighted by Gasteiger charge is 2.27. The van der Waals surface area contributed by atoms with Crippen LogP contribution >= 0.6 is 23.2 Å². The van der Waals surface area contributed by atoms with E-state index in [-0.39, 0.29) is 16.3 Å². The third-order valence-electron chi connectivity index (χ3n) is 3.11. The summed E-state index contributed by atoms with van der Waals surface area (Å²) in [5, 5.41) is 0.391. The number of benzene rings is 1. The standard InChI is InChI=1S/C12H15Cl2NO2S/c13-9-5-7-10(8-6-9)18(16,17)15-12-4-2-1-3-11(12)14/h5-8,11-12,15H,1-4H2/t11-,12+/m0/s1. The topological polar surface area (TPSA) is 46.2 Å². The minimum absolute atomic E-state index is 0.124. The van der Waals surface area contributed by atoms with E-state index in [4.69, 9.17) is 23.2 Å². The first-order valence-corrected chi connectivity index (χ1v) is 8.21. The van der Waals surface area contributed by atoms with E-state index in [1.165, 1.54) is 12.1 Å². The average molecular weight is 308 g/mol. The molecule has 1 N–H and O–H groups in total. The highest BCUT2D eigenvalue weighted by atomic mass is 35.5. The van der Waals surface area contributed by atoms with Gasteiger partial charge in [-0.05, 0) is 37.1 Å². The molecule has 1 saturated carbocycles. The molecule has 0 unspecified atom stereocenters. The Balaban J connectivity index is 2.13. The minimum atomic E-state index is -3.50. The summed E-state index contributed by atoms with van der Waals surface area (Å²) in [6.07, 6.45) is 3.72. The van der Waals surface area contributed by atoms with Crippen LogP contribution in [0, 0.1) is 0 Å². The van der Waals surface area contributed by atoms with Crippen molar-refractivity contribution in [1.82, 2.24) is 4.72 Å². The average Bonchev–Trinajstić information content (AvgIpc) is 2.32. The van der Waals surface area contributed by atoms with E-state index in [1.807, 2.05) is 0 Å². The van der Waals surface area contributed by atoms with Crippen LogP contribution < -0.4 is 4.72 Å². The van der Waals surface area contributed by atoms with Crippen LogP contribution in [0.3, 0.4) is 0 Å². The first-order valence-electron chi connectivity index (χ1n) is 5.91. The highest BCUT2D eigenvalue weighted by Crippen LogP contribution is 2.24. The van der Waals surface area contributed by atoms with E-state index in [9.17, 15) is 8.42 Å². The largest absolute Gasteiger partial charge is 0.240 e. The maximum atomic E-state index is 12.1. The van der Waals surface area contributed by atoms with E-state index in [0.29, 0.717) is 5.02 Å². The van der Waals surface area contributed by atoms with Gasteiger partial charge in [0.2, 0.25) is 10.0 Å². The van der Waals surface area contributed by atoms with Crippen LogP contribution in [-0.4, -0.2) is 19.8 Å². The Bertz CT molecular complexity index is 501. The maximum Gasteiger partial charge on any atom is 0.240 e. The Hall–Kier alpha value is -0.290. The number of halogens is 2. The van der Waals surface area contributed by atoms with Crippen LogP contribution in [0.25, 0.3) is 0 Å². The van der Waals surface area contributed by atoms with Crippen molar-refractivity contribution in [1.29, 1.82) is 0 Å². The molecule has 0 amide bonds. The third kappa shape index (κ3) is 3.38. The lowest BCUT2D eigenvalue weighted by atomic mass is 9.96. The summed E-state index contributed by atoms with van der Waals surface area (Å²) >= 11 is 11.9. The molecule has 0 bridgehead atoms. The van der Waals surface area contributed by atoms with Crippen LogP contribution in [0.15, 0.2) is 29.2 Å². The lowest BCUT2D eigenvalue weighted by molar-refractivity contribution is 0.418. The molecular weight excluding hydrogens is 293 g/mol. The van der Waals surface area contributed by atoms with Crippen molar-refractivity contribution in [3.8, 4) is 0 Å². The van der Waals surface area contributed by atoms with Gasteiger partial charge < -0.3 is 0 Å². The van der Waals surface area contributed by atoms with Gasteiger partial charge in [0, 0.05) is 16.4 Å². The van der Waals surface area contributed by atoms with Crippen LogP contribution in [0.4, 0.5) is 0 Å². The number of hydrogen-bond acceptors (Lipinski definition) is 2. The molecule has 1 aromatic rings. The monoisotopic (exact) mass is 307 g/mol. The first-order chi connectivity index (χ1) is 8.49. The molecule has 0 radical (unpaired) electrons. The number of rotatable bonds is 3. The predicted molar refractivity (Wildman–Crippen MR) is 73.7 cm³/mol. The van der Waals surface area contributed by atoms with Gasteiger partial charge in [0.25, 0.3) is 0 Å². The zero-order valence-corrected chi connectivity index (χ0v) is 12.1. The van der Waals surface area contributed by atoms with Gasteiger partial charge in [-0.15, -0.1) is 11.6 Å². The van der Waals surface area contributed by atoms with Gasteiger partial charge in [0.1, 0.15) is 0 Å². The molecule has 3 nitrogen and oxygen atoms in total.